The second-order valence-electron chi connectivity index (χ2n) is 3.53. The van der Waals surface area contributed by atoms with E-state index in [1.165, 1.54) is 10.8 Å². The lowest BCUT2D eigenvalue weighted by Crippen LogP contribution is -1.94. The van der Waals surface area contributed by atoms with Crippen LogP contribution >= 0.6 is 0 Å². The minimum absolute atomic E-state index is 0.334. The van der Waals surface area contributed by atoms with E-state index in [1.54, 1.807) is 0 Å². The summed E-state index contributed by atoms with van der Waals surface area (Å²) in [5, 5.41) is 12.1. The van der Waals surface area contributed by atoms with Crippen molar-refractivity contribution in [2.75, 3.05) is 0 Å². The largest absolute Gasteiger partial charge is 0.388 e. The summed E-state index contributed by atoms with van der Waals surface area (Å²) in [5.74, 6) is 0. The van der Waals surface area contributed by atoms with E-state index in [2.05, 4.69) is 24.3 Å². The molecule has 0 fully saturated rings. The first-order chi connectivity index (χ1) is 8.81. The van der Waals surface area contributed by atoms with Crippen LogP contribution in [-0.4, -0.2) is 5.11 Å². The Hall–Kier alpha value is -1.34. The quantitative estimate of drug-likeness (QED) is 0.758. The van der Waals surface area contributed by atoms with Crippen LogP contribution in [0.15, 0.2) is 42.5 Å². The Morgan fingerprint density at radius 2 is 1.44 bits per heavy atom. The van der Waals surface area contributed by atoms with Gasteiger partial charge in [-0.1, -0.05) is 71.0 Å². The predicted octanol–water partition coefficient (Wildman–Crippen LogP) is 5.34. The van der Waals surface area contributed by atoms with E-state index in [0.29, 0.717) is 0 Å². The summed E-state index contributed by atoms with van der Waals surface area (Å²) in [6, 6.07) is 14.3. The molecule has 0 aliphatic carbocycles. The van der Waals surface area contributed by atoms with Gasteiger partial charge in [0.2, 0.25) is 0 Å². The molecule has 0 saturated heterocycles. The van der Waals surface area contributed by atoms with Crippen molar-refractivity contribution in [3.8, 4) is 0 Å². The van der Waals surface area contributed by atoms with Crippen molar-refractivity contribution >= 4 is 10.8 Å². The van der Waals surface area contributed by atoms with E-state index in [-0.39, 0.29) is 6.10 Å². The number of aliphatic hydroxyl groups excluding tert-OH is 1. The number of rotatable bonds is 2. The zero-order valence-corrected chi connectivity index (χ0v) is 12.3. The Morgan fingerprint density at radius 1 is 0.889 bits per heavy atom. The Bertz CT molecular complexity index is 434. The lowest BCUT2D eigenvalue weighted by molar-refractivity contribution is 0.174. The summed E-state index contributed by atoms with van der Waals surface area (Å²) >= 11 is 0. The fourth-order valence-corrected chi connectivity index (χ4v) is 1.65. The van der Waals surface area contributed by atoms with E-state index < -0.39 is 0 Å². The molecule has 0 radical (unpaired) electrons. The van der Waals surface area contributed by atoms with Gasteiger partial charge in [0.15, 0.2) is 0 Å². The molecular formula is C17H26O. The number of hydrogen-bond acceptors (Lipinski definition) is 1. The van der Waals surface area contributed by atoms with Gasteiger partial charge in [-0.2, -0.15) is 0 Å². The maximum Gasteiger partial charge on any atom is 0.0787 e. The molecule has 100 valence electrons. The summed E-state index contributed by atoms with van der Waals surface area (Å²) in [4.78, 5) is 0. The van der Waals surface area contributed by atoms with Gasteiger partial charge in [0.05, 0.1) is 6.10 Å². The molecule has 0 aliphatic heterocycles. The van der Waals surface area contributed by atoms with E-state index >= 15 is 0 Å². The van der Waals surface area contributed by atoms with E-state index in [4.69, 9.17) is 0 Å². The van der Waals surface area contributed by atoms with Crippen molar-refractivity contribution in [2.45, 2.75) is 47.1 Å². The zero-order chi connectivity index (χ0) is 14.0. The van der Waals surface area contributed by atoms with Gasteiger partial charge in [-0.05, 0) is 28.8 Å². The highest BCUT2D eigenvalue weighted by molar-refractivity contribution is 5.83. The standard InChI is InChI=1S/C13H14O.2C2H6/c1-2-13(14)12-8-7-10-5-3-4-6-11(10)9-12;2*1-2/h3-9,13-14H,2H2,1H3;2*1-2H3. The minimum atomic E-state index is -0.334. The van der Waals surface area contributed by atoms with Gasteiger partial charge in [0, 0.05) is 0 Å². The Labute approximate surface area is 111 Å². The molecule has 1 atom stereocenters. The summed E-state index contributed by atoms with van der Waals surface area (Å²) in [6.07, 6.45) is 0.429. The number of aliphatic hydroxyl groups is 1. The van der Waals surface area contributed by atoms with Crippen LogP contribution in [0.25, 0.3) is 10.8 Å². The second-order valence-corrected chi connectivity index (χ2v) is 3.53. The monoisotopic (exact) mass is 246 g/mol. The van der Waals surface area contributed by atoms with Crippen LogP contribution in [0, 0.1) is 0 Å². The Balaban J connectivity index is 0.000000659. The van der Waals surface area contributed by atoms with Crippen molar-refractivity contribution in [3.63, 3.8) is 0 Å². The van der Waals surface area contributed by atoms with Gasteiger partial charge >= 0.3 is 0 Å². The molecule has 2 aromatic rings. The normalized spacial score (nSPS) is 10.8. The van der Waals surface area contributed by atoms with Gasteiger partial charge in [-0.25, -0.2) is 0 Å². The van der Waals surface area contributed by atoms with E-state index in [0.717, 1.165) is 12.0 Å². The van der Waals surface area contributed by atoms with E-state index in [9.17, 15) is 5.11 Å². The summed E-state index contributed by atoms with van der Waals surface area (Å²) < 4.78 is 0. The first-order valence-electron chi connectivity index (χ1n) is 6.98. The number of benzene rings is 2. The minimum Gasteiger partial charge on any atom is -0.388 e. The number of hydrogen-bond donors (Lipinski definition) is 1. The molecule has 1 nitrogen and oxygen atoms in total. The molecule has 0 heterocycles. The SMILES string of the molecule is CC.CC.CCC(O)c1ccc2ccccc2c1. The lowest BCUT2D eigenvalue weighted by atomic mass is 10.0. The molecule has 0 bridgehead atoms. The maximum atomic E-state index is 9.69. The van der Waals surface area contributed by atoms with Gasteiger partial charge in [0.25, 0.3) is 0 Å². The highest BCUT2D eigenvalue weighted by Crippen LogP contribution is 2.21. The average Bonchev–Trinajstić information content (AvgIpc) is 2.50. The highest BCUT2D eigenvalue weighted by Gasteiger charge is 2.04. The summed E-state index contributed by atoms with van der Waals surface area (Å²) in [5.41, 5.74) is 1.01. The average molecular weight is 246 g/mol. The van der Waals surface area contributed by atoms with Crippen LogP contribution in [0.2, 0.25) is 0 Å². The van der Waals surface area contributed by atoms with E-state index in [1.807, 2.05) is 52.8 Å². The van der Waals surface area contributed by atoms with Crippen LogP contribution in [-0.2, 0) is 0 Å². The van der Waals surface area contributed by atoms with Gasteiger partial charge in [-0.15, -0.1) is 0 Å². The van der Waals surface area contributed by atoms with Crippen molar-refractivity contribution in [2.24, 2.45) is 0 Å². The topological polar surface area (TPSA) is 20.2 Å². The van der Waals surface area contributed by atoms with Crippen molar-refractivity contribution in [1.29, 1.82) is 0 Å². The molecule has 1 heteroatoms. The molecule has 0 aliphatic rings. The zero-order valence-electron chi connectivity index (χ0n) is 12.3. The third kappa shape index (κ3) is 4.50. The molecular weight excluding hydrogens is 220 g/mol. The van der Waals surface area contributed by atoms with Gasteiger partial charge < -0.3 is 5.11 Å². The van der Waals surface area contributed by atoms with Crippen molar-refractivity contribution < 1.29 is 5.11 Å². The Kier molecular flexibility index (Phi) is 8.95. The molecule has 1 N–H and O–H groups in total. The summed E-state index contributed by atoms with van der Waals surface area (Å²) in [7, 11) is 0. The molecule has 1 unspecified atom stereocenters. The lowest BCUT2D eigenvalue weighted by Gasteiger charge is -2.08. The maximum absolute atomic E-state index is 9.69. The van der Waals surface area contributed by atoms with Gasteiger partial charge in [0.1, 0.15) is 0 Å². The van der Waals surface area contributed by atoms with Crippen LogP contribution < -0.4 is 0 Å². The molecule has 2 aromatic carbocycles. The molecule has 0 spiro atoms. The van der Waals surface area contributed by atoms with Crippen molar-refractivity contribution in [1.82, 2.24) is 0 Å². The first kappa shape index (κ1) is 16.7. The van der Waals surface area contributed by atoms with Crippen LogP contribution in [0.4, 0.5) is 0 Å². The first-order valence-corrected chi connectivity index (χ1v) is 6.98. The van der Waals surface area contributed by atoms with Gasteiger partial charge in [-0.3, -0.25) is 0 Å². The second kappa shape index (κ2) is 9.67. The third-order valence-corrected chi connectivity index (χ3v) is 2.54. The fourth-order valence-electron chi connectivity index (χ4n) is 1.65. The number of fused-ring (bicyclic) bond motifs is 1. The Morgan fingerprint density at radius 3 is 2.00 bits per heavy atom. The fraction of sp³-hybridized carbons (Fsp3) is 0.412. The third-order valence-electron chi connectivity index (χ3n) is 2.54. The summed E-state index contributed by atoms with van der Waals surface area (Å²) in [6.45, 7) is 9.99. The predicted molar refractivity (Wildman–Crippen MR) is 81.9 cm³/mol. The van der Waals surface area contributed by atoms with Crippen molar-refractivity contribution in [3.05, 3.63) is 48.0 Å². The molecule has 18 heavy (non-hydrogen) atoms. The molecule has 0 saturated carbocycles. The molecule has 0 aromatic heterocycles. The van der Waals surface area contributed by atoms with Crippen LogP contribution in [0.1, 0.15) is 52.7 Å². The smallest absolute Gasteiger partial charge is 0.0787 e. The van der Waals surface area contributed by atoms with Crippen LogP contribution in [0.5, 0.6) is 0 Å². The molecule has 0 amide bonds. The highest BCUT2D eigenvalue weighted by atomic mass is 16.3. The van der Waals surface area contributed by atoms with Crippen LogP contribution in [0.3, 0.4) is 0 Å². The molecule has 2 rings (SSSR count).